The van der Waals surface area contributed by atoms with E-state index in [9.17, 15) is 4.79 Å². The minimum Gasteiger partial charge on any atom is -0.341 e. The fourth-order valence-electron chi connectivity index (χ4n) is 3.92. The summed E-state index contributed by atoms with van der Waals surface area (Å²) in [5.41, 5.74) is 2.43. The summed E-state index contributed by atoms with van der Waals surface area (Å²) in [5.74, 6) is 1.17. The van der Waals surface area contributed by atoms with Gasteiger partial charge in [-0.05, 0) is 49.8 Å². The quantitative estimate of drug-likeness (QED) is 0.846. The van der Waals surface area contributed by atoms with Gasteiger partial charge in [-0.3, -0.25) is 4.79 Å². The minimum atomic E-state index is 0.103. The summed E-state index contributed by atoms with van der Waals surface area (Å²) in [6.07, 6.45) is 8.60. The molecular weight excluding hydrogens is 312 g/mol. The number of amides is 1. The Hall–Kier alpha value is -2.43. The molecule has 0 bridgehead atoms. The third kappa shape index (κ3) is 3.36. The van der Waals surface area contributed by atoms with Crippen molar-refractivity contribution in [3.05, 3.63) is 48.3 Å². The zero-order chi connectivity index (χ0) is 17.1. The number of rotatable bonds is 2. The number of piperidine rings is 1. The Morgan fingerprint density at radius 2 is 1.72 bits per heavy atom. The van der Waals surface area contributed by atoms with Gasteiger partial charge in [0.2, 0.25) is 11.9 Å². The zero-order valence-corrected chi connectivity index (χ0v) is 14.5. The Kier molecular flexibility index (Phi) is 4.63. The van der Waals surface area contributed by atoms with E-state index in [1.807, 2.05) is 17.0 Å². The highest BCUT2D eigenvalue weighted by Crippen LogP contribution is 2.30. The number of nitrogens with zero attached hydrogens (tertiary/aromatic N) is 4. The fourth-order valence-corrected chi connectivity index (χ4v) is 3.92. The lowest BCUT2D eigenvalue weighted by Gasteiger charge is -2.34. The van der Waals surface area contributed by atoms with Gasteiger partial charge in [-0.25, -0.2) is 9.97 Å². The molecule has 4 rings (SSSR count). The Labute approximate surface area is 148 Å². The van der Waals surface area contributed by atoms with Gasteiger partial charge in [-0.2, -0.15) is 0 Å². The molecule has 2 aliphatic heterocycles. The summed E-state index contributed by atoms with van der Waals surface area (Å²) >= 11 is 0. The van der Waals surface area contributed by atoms with E-state index in [-0.39, 0.29) is 5.92 Å². The fraction of sp³-hybridized carbons (Fsp3) is 0.450. The largest absolute Gasteiger partial charge is 0.341 e. The summed E-state index contributed by atoms with van der Waals surface area (Å²) in [5, 5.41) is 0. The molecule has 0 unspecified atom stereocenters. The van der Waals surface area contributed by atoms with Crippen molar-refractivity contribution < 1.29 is 4.79 Å². The Morgan fingerprint density at radius 1 is 0.960 bits per heavy atom. The first-order valence-electron chi connectivity index (χ1n) is 9.24. The summed E-state index contributed by atoms with van der Waals surface area (Å²) in [6, 6.07) is 10.2. The van der Waals surface area contributed by atoms with Gasteiger partial charge in [0.1, 0.15) is 0 Å². The second kappa shape index (κ2) is 7.21. The van der Waals surface area contributed by atoms with Gasteiger partial charge in [0.25, 0.3) is 0 Å². The van der Waals surface area contributed by atoms with Crippen molar-refractivity contribution in [1.29, 1.82) is 0 Å². The Morgan fingerprint density at radius 3 is 2.52 bits per heavy atom. The van der Waals surface area contributed by atoms with Gasteiger partial charge in [0.05, 0.1) is 0 Å². The lowest BCUT2D eigenvalue weighted by atomic mass is 9.95. The molecule has 0 atom stereocenters. The molecule has 25 heavy (non-hydrogen) atoms. The van der Waals surface area contributed by atoms with E-state index in [2.05, 4.69) is 33.1 Å². The first kappa shape index (κ1) is 16.1. The van der Waals surface area contributed by atoms with Crippen molar-refractivity contribution in [3.8, 4) is 0 Å². The Balaban J connectivity index is 1.46. The van der Waals surface area contributed by atoms with Crippen LogP contribution < -0.4 is 9.80 Å². The van der Waals surface area contributed by atoms with Gasteiger partial charge in [0.15, 0.2) is 0 Å². The first-order chi connectivity index (χ1) is 12.3. The highest BCUT2D eigenvalue weighted by Gasteiger charge is 2.31. The van der Waals surface area contributed by atoms with Crippen LogP contribution in [-0.2, 0) is 11.2 Å². The molecule has 0 aliphatic carbocycles. The molecule has 1 fully saturated rings. The van der Waals surface area contributed by atoms with Crippen LogP contribution in [0.5, 0.6) is 0 Å². The molecule has 1 aromatic heterocycles. The van der Waals surface area contributed by atoms with Crippen molar-refractivity contribution in [2.24, 2.45) is 5.92 Å². The van der Waals surface area contributed by atoms with Gasteiger partial charge in [0, 0.05) is 43.6 Å². The van der Waals surface area contributed by atoms with E-state index in [1.165, 1.54) is 5.56 Å². The summed E-state index contributed by atoms with van der Waals surface area (Å²) < 4.78 is 0. The van der Waals surface area contributed by atoms with Crippen LogP contribution >= 0.6 is 0 Å². The number of anilines is 2. The van der Waals surface area contributed by atoms with Crippen LogP contribution in [0.2, 0.25) is 0 Å². The number of aromatic nitrogens is 2. The number of hydrogen-bond donors (Lipinski definition) is 0. The van der Waals surface area contributed by atoms with Crippen LogP contribution in [0.1, 0.15) is 31.2 Å². The molecule has 2 aromatic rings. The lowest BCUT2D eigenvalue weighted by Crippen LogP contribution is -2.43. The maximum atomic E-state index is 13.2. The topological polar surface area (TPSA) is 49.3 Å². The number of carbonyl (C=O) groups is 1. The van der Waals surface area contributed by atoms with E-state index in [1.54, 1.807) is 12.4 Å². The molecule has 1 amide bonds. The molecule has 2 aliphatic rings. The SMILES string of the molecule is O=C(C1CCN(c2ncccn2)CC1)N1CCCCc2ccccc21. The normalized spacial score (nSPS) is 18.6. The number of carbonyl (C=O) groups excluding carboxylic acids is 1. The summed E-state index contributed by atoms with van der Waals surface area (Å²) in [7, 11) is 0. The van der Waals surface area contributed by atoms with Gasteiger partial charge in [-0.15, -0.1) is 0 Å². The van der Waals surface area contributed by atoms with E-state index < -0.39 is 0 Å². The van der Waals surface area contributed by atoms with Crippen LogP contribution in [0.4, 0.5) is 11.6 Å². The number of fused-ring (bicyclic) bond motifs is 1. The molecule has 1 aromatic carbocycles. The Bertz CT molecular complexity index is 725. The molecule has 0 radical (unpaired) electrons. The van der Waals surface area contributed by atoms with Crippen molar-refractivity contribution >= 4 is 17.5 Å². The standard InChI is InChI=1S/C20H24N4O/c25-19(24-13-4-3-7-16-6-1-2-8-18(16)24)17-9-14-23(15-10-17)20-21-11-5-12-22-20/h1-2,5-6,8,11-12,17H,3-4,7,9-10,13-15H2. The second-order valence-corrected chi connectivity index (χ2v) is 6.89. The molecule has 3 heterocycles. The maximum absolute atomic E-state index is 13.2. The van der Waals surface area contributed by atoms with Crippen molar-refractivity contribution in [1.82, 2.24) is 9.97 Å². The summed E-state index contributed by atoms with van der Waals surface area (Å²) in [4.78, 5) is 26.1. The third-order valence-corrected chi connectivity index (χ3v) is 5.31. The number of hydrogen-bond acceptors (Lipinski definition) is 4. The number of benzene rings is 1. The highest BCUT2D eigenvalue weighted by molar-refractivity contribution is 5.96. The van der Waals surface area contributed by atoms with E-state index in [0.717, 1.165) is 63.4 Å². The lowest BCUT2D eigenvalue weighted by molar-refractivity contribution is -0.123. The minimum absolute atomic E-state index is 0.103. The molecule has 1 saturated heterocycles. The molecule has 130 valence electrons. The smallest absolute Gasteiger partial charge is 0.230 e. The average molecular weight is 336 g/mol. The zero-order valence-electron chi connectivity index (χ0n) is 14.5. The molecule has 5 nitrogen and oxygen atoms in total. The molecule has 5 heteroatoms. The van der Waals surface area contributed by atoms with Gasteiger partial charge in [-0.1, -0.05) is 18.2 Å². The molecule has 0 spiro atoms. The van der Waals surface area contributed by atoms with Crippen molar-refractivity contribution in [2.45, 2.75) is 32.1 Å². The van der Waals surface area contributed by atoms with E-state index >= 15 is 0 Å². The van der Waals surface area contributed by atoms with Crippen LogP contribution in [0.25, 0.3) is 0 Å². The van der Waals surface area contributed by atoms with Crippen LogP contribution in [0.3, 0.4) is 0 Å². The van der Waals surface area contributed by atoms with Crippen molar-refractivity contribution in [3.63, 3.8) is 0 Å². The van der Waals surface area contributed by atoms with Crippen LogP contribution in [0, 0.1) is 5.92 Å². The average Bonchev–Trinajstić information content (AvgIpc) is 2.91. The number of aryl methyl sites for hydroxylation is 1. The molecule has 0 N–H and O–H groups in total. The molecular formula is C20H24N4O. The first-order valence-corrected chi connectivity index (χ1v) is 9.24. The second-order valence-electron chi connectivity index (χ2n) is 6.89. The third-order valence-electron chi connectivity index (χ3n) is 5.31. The van der Waals surface area contributed by atoms with Gasteiger partial charge < -0.3 is 9.80 Å². The van der Waals surface area contributed by atoms with E-state index in [4.69, 9.17) is 0 Å². The van der Waals surface area contributed by atoms with Crippen molar-refractivity contribution in [2.75, 3.05) is 29.4 Å². The molecule has 0 saturated carbocycles. The predicted octanol–water partition coefficient (Wildman–Crippen LogP) is 3.06. The number of para-hydroxylation sites is 1. The summed E-state index contributed by atoms with van der Waals surface area (Å²) in [6.45, 7) is 2.53. The monoisotopic (exact) mass is 336 g/mol. The van der Waals surface area contributed by atoms with Gasteiger partial charge >= 0.3 is 0 Å². The maximum Gasteiger partial charge on any atom is 0.230 e. The van der Waals surface area contributed by atoms with Crippen LogP contribution in [-0.4, -0.2) is 35.5 Å². The van der Waals surface area contributed by atoms with Crippen LogP contribution in [0.15, 0.2) is 42.7 Å². The predicted molar refractivity (Wildman–Crippen MR) is 98.7 cm³/mol. The highest BCUT2D eigenvalue weighted by atomic mass is 16.2. The van der Waals surface area contributed by atoms with E-state index in [0.29, 0.717) is 5.91 Å².